The molecule has 0 spiro atoms. The van der Waals surface area contributed by atoms with E-state index in [2.05, 4.69) is 18.3 Å². The molecule has 2 N–H and O–H groups in total. The Labute approximate surface area is 126 Å². The Morgan fingerprint density at radius 1 is 1.14 bits per heavy atom. The van der Waals surface area contributed by atoms with Gasteiger partial charge in [-0.3, -0.25) is 0 Å². The van der Waals surface area contributed by atoms with E-state index < -0.39 is 0 Å². The summed E-state index contributed by atoms with van der Waals surface area (Å²) >= 11 is 0. The van der Waals surface area contributed by atoms with E-state index in [0.717, 1.165) is 28.1 Å². The van der Waals surface area contributed by atoms with Gasteiger partial charge in [0.15, 0.2) is 0 Å². The van der Waals surface area contributed by atoms with Crippen molar-refractivity contribution in [3.05, 3.63) is 53.1 Å². The third-order valence-electron chi connectivity index (χ3n) is 3.69. The summed E-state index contributed by atoms with van der Waals surface area (Å²) in [5.74, 6) is 1.25. The van der Waals surface area contributed by atoms with Gasteiger partial charge in [-0.2, -0.15) is 0 Å². The van der Waals surface area contributed by atoms with Crippen LogP contribution < -0.4 is 10.1 Å². The van der Waals surface area contributed by atoms with Gasteiger partial charge >= 0.3 is 0 Å². The van der Waals surface area contributed by atoms with E-state index in [1.165, 1.54) is 0 Å². The Morgan fingerprint density at radius 3 is 2.57 bits per heavy atom. The molecule has 1 unspecified atom stereocenters. The molecule has 0 saturated heterocycles. The van der Waals surface area contributed by atoms with E-state index in [4.69, 9.17) is 4.74 Å². The van der Waals surface area contributed by atoms with Crippen molar-refractivity contribution in [1.82, 2.24) is 0 Å². The first-order chi connectivity index (χ1) is 10.0. The van der Waals surface area contributed by atoms with Crippen molar-refractivity contribution in [2.24, 2.45) is 0 Å². The van der Waals surface area contributed by atoms with E-state index in [1.54, 1.807) is 0 Å². The highest BCUT2D eigenvalue weighted by Gasteiger charge is 2.13. The largest absolute Gasteiger partial charge is 0.507 e. The number of aromatic hydroxyl groups is 1. The molecular weight excluding hydrogens is 262 g/mol. The second kappa shape index (κ2) is 6.53. The number of hydrogen-bond acceptors (Lipinski definition) is 3. The number of hydrogen-bond donors (Lipinski definition) is 2. The maximum atomic E-state index is 10.0. The van der Waals surface area contributed by atoms with Crippen molar-refractivity contribution in [1.29, 1.82) is 0 Å². The fourth-order valence-corrected chi connectivity index (χ4v) is 2.43. The molecule has 0 amide bonds. The average Bonchev–Trinajstić information content (AvgIpc) is 2.49. The molecule has 2 rings (SSSR count). The van der Waals surface area contributed by atoms with Gasteiger partial charge in [0.1, 0.15) is 11.5 Å². The molecule has 0 fully saturated rings. The van der Waals surface area contributed by atoms with E-state index in [-0.39, 0.29) is 6.04 Å². The van der Waals surface area contributed by atoms with E-state index >= 15 is 0 Å². The first-order valence-corrected chi connectivity index (χ1v) is 7.32. The van der Waals surface area contributed by atoms with Gasteiger partial charge in [-0.25, -0.2) is 0 Å². The smallest absolute Gasteiger partial charge is 0.124 e. The van der Waals surface area contributed by atoms with Gasteiger partial charge in [0.2, 0.25) is 0 Å². The number of rotatable bonds is 5. The quantitative estimate of drug-likeness (QED) is 0.844. The SMILES string of the molecule is CCOc1ccccc1C(C)Nc1ccc(C)c(O)c1C. The van der Waals surface area contributed by atoms with Crippen LogP contribution >= 0.6 is 0 Å². The van der Waals surface area contributed by atoms with Crippen LogP contribution in [0, 0.1) is 13.8 Å². The molecule has 0 aliphatic rings. The number of aryl methyl sites for hydroxylation is 1. The summed E-state index contributed by atoms with van der Waals surface area (Å²) in [6.07, 6.45) is 0. The van der Waals surface area contributed by atoms with E-state index in [9.17, 15) is 5.11 Å². The lowest BCUT2D eigenvalue weighted by molar-refractivity contribution is 0.335. The second-order valence-electron chi connectivity index (χ2n) is 5.24. The molecule has 0 saturated carbocycles. The van der Waals surface area contributed by atoms with Crippen molar-refractivity contribution in [3.8, 4) is 11.5 Å². The molecule has 1 atom stereocenters. The molecule has 2 aromatic carbocycles. The van der Waals surface area contributed by atoms with Gasteiger partial charge in [0.05, 0.1) is 12.6 Å². The highest BCUT2D eigenvalue weighted by molar-refractivity contribution is 5.60. The van der Waals surface area contributed by atoms with Crippen molar-refractivity contribution < 1.29 is 9.84 Å². The van der Waals surface area contributed by atoms with Crippen LogP contribution in [0.1, 0.15) is 36.6 Å². The van der Waals surface area contributed by atoms with Gasteiger partial charge in [-0.15, -0.1) is 0 Å². The van der Waals surface area contributed by atoms with Crippen LogP contribution in [0.25, 0.3) is 0 Å². The van der Waals surface area contributed by atoms with E-state index in [0.29, 0.717) is 12.4 Å². The lowest BCUT2D eigenvalue weighted by Crippen LogP contribution is -2.10. The van der Waals surface area contributed by atoms with Gasteiger partial charge in [0.25, 0.3) is 0 Å². The standard InChI is InChI=1S/C18H23NO2/c1-5-21-17-9-7-6-8-15(17)14(4)19-16-11-10-12(2)18(20)13(16)3/h6-11,14,19-20H,5H2,1-4H3. The molecule has 3 nitrogen and oxygen atoms in total. The molecule has 3 heteroatoms. The fraction of sp³-hybridized carbons (Fsp3) is 0.333. The van der Waals surface area contributed by atoms with Crippen LogP contribution in [0.15, 0.2) is 36.4 Å². The first kappa shape index (κ1) is 15.2. The lowest BCUT2D eigenvalue weighted by atomic mass is 10.0. The maximum absolute atomic E-state index is 10.0. The molecule has 0 aliphatic carbocycles. The molecule has 2 aromatic rings. The average molecular weight is 285 g/mol. The van der Waals surface area contributed by atoms with Crippen LogP contribution in [0.3, 0.4) is 0 Å². The number of phenolic OH excluding ortho intramolecular Hbond substituents is 1. The van der Waals surface area contributed by atoms with Gasteiger partial charge in [-0.05, 0) is 45.4 Å². The highest BCUT2D eigenvalue weighted by atomic mass is 16.5. The van der Waals surface area contributed by atoms with Crippen LogP contribution in [-0.4, -0.2) is 11.7 Å². The Balaban J connectivity index is 2.26. The molecule has 112 valence electrons. The summed E-state index contributed by atoms with van der Waals surface area (Å²) in [7, 11) is 0. The summed E-state index contributed by atoms with van der Waals surface area (Å²) in [6, 6.07) is 12.0. The van der Waals surface area contributed by atoms with Crippen molar-refractivity contribution in [2.75, 3.05) is 11.9 Å². The molecular formula is C18H23NO2. The number of anilines is 1. The zero-order valence-electron chi connectivity index (χ0n) is 13.1. The zero-order chi connectivity index (χ0) is 15.4. The number of nitrogens with one attached hydrogen (secondary N) is 1. The molecule has 0 aromatic heterocycles. The molecule has 0 aliphatic heterocycles. The second-order valence-corrected chi connectivity index (χ2v) is 5.24. The Hall–Kier alpha value is -2.16. The summed E-state index contributed by atoms with van der Waals surface area (Å²) in [5.41, 5.74) is 3.81. The predicted octanol–water partition coefficient (Wildman–Crippen LogP) is 4.58. The minimum absolute atomic E-state index is 0.0913. The van der Waals surface area contributed by atoms with Crippen LogP contribution in [0.2, 0.25) is 0 Å². The first-order valence-electron chi connectivity index (χ1n) is 7.32. The number of phenols is 1. The summed E-state index contributed by atoms with van der Waals surface area (Å²) < 4.78 is 5.68. The van der Waals surface area contributed by atoms with Gasteiger partial charge in [-0.1, -0.05) is 24.3 Å². The van der Waals surface area contributed by atoms with Crippen molar-refractivity contribution >= 4 is 5.69 Å². The highest BCUT2D eigenvalue weighted by Crippen LogP contribution is 2.32. The Bertz CT molecular complexity index is 623. The zero-order valence-corrected chi connectivity index (χ0v) is 13.1. The molecule has 0 heterocycles. The fourth-order valence-electron chi connectivity index (χ4n) is 2.43. The lowest BCUT2D eigenvalue weighted by Gasteiger charge is -2.21. The maximum Gasteiger partial charge on any atom is 0.124 e. The van der Waals surface area contributed by atoms with Gasteiger partial charge in [0, 0.05) is 16.8 Å². The number of ether oxygens (including phenoxy) is 1. The summed E-state index contributed by atoms with van der Waals surface area (Å²) in [6.45, 7) is 8.55. The van der Waals surface area contributed by atoms with Gasteiger partial charge < -0.3 is 15.2 Å². The van der Waals surface area contributed by atoms with Crippen molar-refractivity contribution in [2.45, 2.75) is 33.7 Å². The van der Waals surface area contributed by atoms with E-state index in [1.807, 2.05) is 51.1 Å². The third-order valence-corrected chi connectivity index (χ3v) is 3.69. The minimum atomic E-state index is 0.0913. The topological polar surface area (TPSA) is 41.5 Å². The Morgan fingerprint density at radius 2 is 1.86 bits per heavy atom. The summed E-state index contributed by atoms with van der Waals surface area (Å²) in [5, 5.41) is 13.5. The van der Waals surface area contributed by atoms with Crippen molar-refractivity contribution in [3.63, 3.8) is 0 Å². The number of para-hydroxylation sites is 1. The summed E-state index contributed by atoms with van der Waals surface area (Å²) in [4.78, 5) is 0. The normalized spacial score (nSPS) is 12.0. The monoisotopic (exact) mass is 285 g/mol. The molecule has 21 heavy (non-hydrogen) atoms. The predicted molar refractivity (Wildman–Crippen MR) is 87.2 cm³/mol. The molecule has 0 radical (unpaired) electrons. The van der Waals surface area contributed by atoms with Crippen LogP contribution in [-0.2, 0) is 0 Å². The minimum Gasteiger partial charge on any atom is -0.507 e. The van der Waals surface area contributed by atoms with Crippen LogP contribution in [0.5, 0.6) is 11.5 Å². The third kappa shape index (κ3) is 3.30. The van der Waals surface area contributed by atoms with Crippen LogP contribution in [0.4, 0.5) is 5.69 Å². The number of benzene rings is 2. The Kier molecular flexibility index (Phi) is 4.73. The molecule has 0 bridgehead atoms.